The average molecular weight is 443 g/mol. The molecule has 0 saturated carbocycles. The molecule has 0 aliphatic carbocycles. The van der Waals surface area contributed by atoms with E-state index in [0.29, 0.717) is 35.2 Å². The van der Waals surface area contributed by atoms with Crippen LogP contribution in [0, 0.1) is 0 Å². The van der Waals surface area contributed by atoms with Gasteiger partial charge in [-0.1, -0.05) is 0 Å². The summed E-state index contributed by atoms with van der Waals surface area (Å²) in [5.74, 6) is 2.71. The Labute approximate surface area is 175 Å². The van der Waals surface area contributed by atoms with Crippen molar-refractivity contribution in [2.45, 2.75) is 18.7 Å². The van der Waals surface area contributed by atoms with E-state index >= 15 is 0 Å². The van der Waals surface area contributed by atoms with E-state index in [1.807, 2.05) is 12.1 Å². The first-order valence-electron chi connectivity index (χ1n) is 8.87. The van der Waals surface area contributed by atoms with Crippen molar-refractivity contribution in [3.8, 4) is 11.5 Å². The van der Waals surface area contributed by atoms with Crippen LogP contribution in [-0.4, -0.2) is 53.1 Å². The highest BCUT2D eigenvalue weighted by Crippen LogP contribution is 2.33. The second-order valence-electron chi connectivity index (χ2n) is 6.20. The highest BCUT2D eigenvalue weighted by molar-refractivity contribution is 7.98. The zero-order chi connectivity index (χ0) is 21.4. The molecule has 0 radical (unpaired) electrons. The molecule has 0 unspecified atom stereocenters. The van der Waals surface area contributed by atoms with Crippen molar-refractivity contribution in [3.63, 3.8) is 0 Å². The van der Waals surface area contributed by atoms with Gasteiger partial charge in [0.05, 0.1) is 38.2 Å². The van der Waals surface area contributed by atoms with Crippen molar-refractivity contribution >= 4 is 33.4 Å². The van der Waals surface area contributed by atoms with Crippen LogP contribution in [0.5, 0.6) is 11.5 Å². The molecule has 2 aromatic rings. The van der Waals surface area contributed by atoms with Crippen molar-refractivity contribution in [3.05, 3.63) is 42.4 Å². The summed E-state index contributed by atoms with van der Waals surface area (Å²) in [5.41, 5.74) is 0.319. The summed E-state index contributed by atoms with van der Waals surface area (Å²) >= 11 is 1.61. The van der Waals surface area contributed by atoms with Gasteiger partial charge >= 0.3 is 0 Å². The summed E-state index contributed by atoms with van der Waals surface area (Å²) in [6.45, 7) is 1.96. The number of nitrogens with one attached hydrogen (secondary N) is 1. The monoisotopic (exact) mass is 442 g/mol. The van der Waals surface area contributed by atoms with Gasteiger partial charge < -0.3 is 19.2 Å². The maximum absolute atomic E-state index is 12.6. The molecular weight excluding hydrogens is 416 g/mol. The van der Waals surface area contributed by atoms with Crippen molar-refractivity contribution in [1.82, 2.24) is 5.32 Å². The first-order chi connectivity index (χ1) is 13.8. The number of benzene rings is 1. The minimum Gasteiger partial charge on any atom is -0.493 e. The Kier molecular flexibility index (Phi) is 8.27. The van der Waals surface area contributed by atoms with E-state index in [9.17, 15) is 13.2 Å². The fourth-order valence-corrected chi connectivity index (χ4v) is 4.66. The lowest BCUT2D eigenvalue weighted by atomic mass is 10.2. The summed E-state index contributed by atoms with van der Waals surface area (Å²) < 4.78 is 41.6. The number of carbonyl (C=O) groups excluding carboxylic acids is 1. The number of methoxy groups -OCH3 is 2. The van der Waals surface area contributed by atoms with Crippen LogP contribution in [0.2, 0.25) is 0 Å². The highest BCUT2D eigenvalue weighted by atomic mass is 32.2. The van der Waals surface area contributed by atoms with Gasteiger partial charge in [0, 0.05) is 18.4 Å². The topological polar surface area (TPSA) is 98.1 Å². The van der Waals surface area contributed by atoms with E-state index in [0.717, 1.165) is 16.3 Å². The predicted octanol–water partition coefficient (Wildman–Crippen LogP) is 2.50. The fraction of sp³-hybridized carbons (Fsp3) is 0.421. The van der Waals surface area contributed by atoms with Crippen molar-refractivity contribution in [2.24, 2.45) is 0 Å². The highest BCUT2D eigenvalue weighted by Gasteiger charge is 2.29. The van der Waals surface area contributed by atoms with Gasteiger partial charge in [0.1, 0.15) is 11.8 Å². The van der Waals surface area contributed by atoms with Gasteiger partial charge in [-0.3, -0.25) is 9.10 Å². The van der Waals surface area contributed by atoms with E-state index in [-0.39, 0.29) is 5.91 Å². The van der Waals surface area contributed by atoms with E-state index in [1.54, 1.807) is 37.1 Å². The van der Waals surface area contributed by atoms with Crippen LogP contribution in [0.4, 0.5) is 5.69 Å². The second-order valence-corrected chi connectivity index (χ2v) is 9.16. The molecule has 0 aliphatic rings. The summed E-state index contributed by atoms with van der Waals surface area (Å²) in [7, 11) is -0.760. The number of amides is 1. The zero-order valence-electron chi connectivity index (χ0n) is 16.9. The smallest absolute Gasteiger partial charge is 0.243 e. The summed E-state index contributed by atoms with van der Waals surface area (Å²) in [5, 5.41) is 2.78. The van der Waals surface area contributed by atoms with Crippen LogP contribution in [0.1, 0.15) is 12.7 Å². The van der Waals surface area contributed by atoms with Gasteiger partial charge in [-0.25, -0.2) is 8.42 Å². The Hall–Kier alpha value is -2.33. The lowest BCUT2D eigenvalue weighted by Crippen LogP contribution is -2.48. The molecular formula is C19H26N2O6S2. The lowest BCUT2D eigenvalue weighted by Gasteiger charge is -2.28. The maximum Gasteiger partial charge on any atom is 0.243 e. The Bertz CT molecular complexity index is 899. The number of rotatable bonds is 11. The van der Waals surface area contributed by atoms with Crippen LogP contribution >= 0.6 is 11.8 Å². The van der Waals surface area contributed by atoms with Crippen LogP contribution in [0.3, 0.4) is 0 Å². The number of nitrogens with zero attached hydrogens (tertiary/aromatic N) is 1. The van der Waals surface area contributed by atoms with Crippen LogP contribution < -0.4 is 19.1 Å². The molecule has 1 N–H and O–H groups in total. The van der Waals surface area contributed by atoms with Gasteiger partial charge in [-0.05, 0) is 31.2 Å². The van der Waals surface area contributed by atoms with Crippen molar-refractivity contribution in [1.29, 1.82) is 0 Å². The molecule has 0 aliphatic heterocycles. The van der Waals surface area contributed by atoms with Crippen molar-refractivity contribution in [2.75, 3.05) is 37.1 Å². The van der Waals surface area contributed by atoms with E-state index in [2.05, 4.69) is 5.32 Å². The summed E-state index contributed by atoms with van der Waals surface area (Å²) in [4.78, 5) is 12.6. The molecule has 1 aromatic heterocycles. The number of furan rings is 1. The molecule has 29 heavy (non-hydrogen) atoms. The molecule has 2 rings (SSSR count). The number of sulfonamides is 1. The number of hydrogen-bond donors (Lipinski definition) is 1. The Morgan fingerprint density at radius 1 is 1.24 bits per heavy atom. The average Bonchev–Trinajstić information content (AvgIpc) is 3.19. The molecule has 0 spiro atoms. The third kappa shape index (κ3) is 6.33. The molecule has 1 atom stereocenters. The quantitative estimate of drug-likeness (QED) is 0.534. The molecule has 1 amide bonds. The van der Waals surface area contributed by atoms with Gasteiger partial charge in [0.25, 0.3) is 0 Å². The molecule has 0 bridgehead atoms. The molecule has 1 aromatic carbocycles. The molecule has 160 valence electrons. The van der Waals surface area contributed by atoms with Gasteiger partial charge in [-0.2, -0.15) is 11.8 Å². The normalized spacial score (nSPS) is 12.3. The number of ether oxygens (including phenoxy) is 2. The summed E-state index contributed by atoms with van der Waals surface area (Å²) in [6.07, 6.45) is 2.68. The second kappa shape index (κ2) is 10.4. The number of thioether (sulfide) groups is 1. The first-order valence-corrected chi connectivity index (χ1v) is 11.9. The van der Waals surface area contributed by atoms with Crippen LogP contribution in [0.15, 0.2) is 41.0 Å². The van der Waals surface area contributed by atoms with E-state index < -0.39 is 16.1 Å². The molecule has 10 heteroatoms. The van der Waals surface area contributed by atoms with Crippen LogP contribution in [-0.2, 0) is 20.6 Å². The third-order valence-corrected chi connectivity index (χ3v) is 6.30. The first kappa shape index (κ1) is 23.0. The van der Waals surface area contributed by atoms with Crippen LogP contribution in [0.25, 0.3) is 0 Å². The fourth-order valence-electron chi connectivity index (χ4n) is 2.73. The van der Waals surface area contributed by atoms with E-state index in [4.69, 9.17) is 13.9 Å². The Morgan fingerprint density at radius 3 is 2.55 bits per heavy atom. The van der Waals surface area contributed by atoms with Gasteiger partial charge in [0.15, 0.2) is 11.5 Å². The largest absolute Gasteiger partial charge is 0.493 e. The summed E-state index contributed by atoms with van der Waals surface area (Å²) in [6, 6.07) is 7.49. The molecule has 1 heterocycles. The zero-order valence-corrected chi connectivity index (χ0v) is 18.5. The maximum atomic E-state index is 12.6. The van der Waals surface area contributed by atoms with Crippen molar-refractivity contribution < 1.29 is 27.1 Å². The minimum absolute atomic E-state index is 0.319. The molecule has 0 saturated heterocycles. The lowest BCUT2D eigenvalue weighted by molar-refractivity contribution is -0.121. The molecule has 8 nitrogen and oxygen atoms in total. The number of hydrogen-bond acceptors (Lipinski definition) is 7. The number of anilines is 1. The Balaban J connectivity index is 2.03. The number of carbonyl (C=O) groups is 1. The van der Waals surface area contributed by atoms with E-state index in [1.165, 1.54) is 20.3 Å². The SMILES string of the molecule is COc1ccc(N([C@@H](C)C(=O)NCCSCc2ccco2)S(C)(=O)=O)cc1OC. The predicted molar refractivity (Wildman–Crippen MR) is 114 cm³/mol. The standard InChI is InChI=1S/C19H26N2O6S2/c1-14(19(22)20-9-11-28-13-16-6-5-10-27-16)21(29(4,23)24)15-7-8-17(25-2)18(12-15)26-3/h5-8,10,12,14H,9,11,13H2,1-4H3,(H,20,22)/t14-/m0/s1. The van der Waals surface area contributed by atoms with Gasteiger partial charge in [-0.15, -0.1) is 0 Å². The third-order valence-electron chi connectivity index (χ3n) is 4.08. The molecule has 0 fully saturated rings. The Morgan fingerprint density at radius 2 is 1.97 bits per heavy atom. The van der Waals surface area contributed by atoms with Gasteiger partial charge in [0.2, 0.25) is 15.9 Å². The minimum atomic E-state index is -3.71.